The molecule has 0 amide bonds. The zero-order valence-corrected chi connectivity index (χ0v) is 20.3. The third kappa shape index (κ3) is 4.05. The average Bonchev–Trinajstić information content (AvgIpc) is 3.11. The van der Waals surface area contributed by atoms with Crippen molar-refractivity contribution in [2.24, 2.45) is 0 Å². The Labute approximate surface area is 203 Å². The summed E-state index contributed by atoms with van der Waals surface area (Å²) in [6, 6.07) is 12.8. The molecule has 0 radical (unpaired) electrons. The van der Waals surface area contributed by atoms with E-state index in [0.717, 1.165) is 4.09 Å². The van der Waals surface area contributed by atoms with Crippen LogP contribution in [0, 0.1) is 0 Å². The van der Waals surface area contributed by atoms with Crippen molar-refractivity contribution in [3.05, 3.63) is 80.9 Å². The van der Waals surface area contributed by atoms with Crippen LogP contribution in [0.25, 0.3) is 10.9 Å². The standard InChI is InChI=1S/C19H11Cl4N3O4S2/c20-13-3-1-4-14(21)18(13)31(27,28)25-12-8-7-11-10-24-26(17(11)9-12)32(29,30)19-15(22)5-2-6-16(19)23/h1-10,25H. The van der Waals surface area contributed by atoms with Crippen LogP contribution in [0.4, 0.5) is 5.69 Å². The number of sulfonamides is 1. The summed E-state index contributed by atoms with van der Waals surface area (Å²) in [7, 11) is -8.46. The van der Waals surface area contributed by atoms with Gasteiger partial charge in [-0.1, -0.05) is 58.5 Å². The number of rotatable bonds is 5. The summed E-state index contributed by atoms with van der Waals surface area (Å²) >= 11 is 24.2. The molecule has 32 heavy (non-hydrogen) atoms. The molecule has 7 nitrogen and oxygen atoms in total. The molecule has 1 heterocycles. The monoisotopic (exact) mass is 549 g/mol. The first-order valence-corrected chi connectivity index (χ1v) is 13.1. The molecule has 1 N–H and O–H groups in total. The molecule has 0 saturated heterocycles. The lowest BCUT2D eigenvalue weighted by Crippen LogP contribution is -2.16. The van der Waals surface area contributed by atoms with Gasteiger partial charge in [0.05, 0.1) is 37.5 Å². The Morgan fingerprint density at radius 1 is 0.750 bits per heavy atom. The lowest BCUT2D eigenvalue weighted by Gasteiger charge is -2.12. The Balaban J connectivity index is 1.82. The molecule has 1 aromatic heterocycles. The van der Waals surface area contributed by atoms with E-state index in [1.807, 2.05) is 0 Å². The van der Waals surface area contributed by atoms with E-state index in [9.17, 15) is 16.8 Å². The van der Waals surface area contributed by atoms with Crippen LogP contribution in [0.5, 0.6) is 0 Å². The molecule has 166 valence electrons. The second-order valence-electron chi connectivity index (χ2n) is 6.47. The van der Waals surface area contributed by atoms with E-state index in [1.54, 1.807) is 0 Å². The molecule has 0 fully saturated rings. The Morgan fingerprint density at radius 2 is 1.28 bits per heavy atom. The molecule has 0 unspecified atom stereocenters. The quantitative estimate of drug-likeness (QED) is 0.344. The van der Waals surface area contributed by atoms with Crippen LogP contribution < -0.4 is 4.72 Å². The predicted octanol–water partition coefficient (Wildman–Crippen LogP) is 5.69. The number of nitrogens with zero attached hydrogens (tertiary/aromatic N) is 2. The molecule has 4 aromatic rings. The Hall–Kier alpha value is -2.01. The molecular formula is C19H11Cl4N3O4S2. The van der Waals surface area contributed by atoms with Gasteiger partial charge < -0.3 is 0 Å². The maximum Gasteiger partial charge on any atom is 0.286 e. The molecule has 13 heteroatoms. The van der Waals surface area contributed by atoms with Gasteiger partial charge in [-0.05, 0) is 42.5 Å². The van der Waals surface area contributed by atoms with E-state index in [2.05, 4.69) is 9.82 Å². The van der Waals surface area contributed by atoms with E-state index in [-0.39, 0.29) is 41.1 Å². The van der Waals surface area contributed by atoms with Crippen LogP contribution in [0.15, 0.2) is 70.6 Å². The normalized spacial score (nSPS) is 12.2. The molecule has 3 aromatic carbocycles. The number of halogens is 4. The molecule has 0 spiro atoms. The van der Waals surface area contributed by atoms with Gasteiger partial charge in [0.25, 0.3) is 20.0 Å². The van der Waals surface area contributed by atoms with Gasteiger partial charge >= 0.3 is 0 Å². The summed E-state index contributed by atoms with van der Waals surface area (Å²) in [5.41, 5.74) is 0.169. The average molecular weight is 551 g/mol. The van der Waals surface area contributed by atoms with E-state index >= 15 is 0 Å². The van der Waals surface area contributed by atoms with Crippen molar-refractivity contribution in [2.75, 3.05) is 4.72 Å². The minimum Gasteiger partial charge on any atom is -0.279 e. The molecule has 0 aliphatic carbocycles. The lowest BCUT2D eigenvalue weighted by molar-refractivity contribution is 0.582. The van der Waals surface area contributed by atoms with Crippen LogP contribution >= 0.6 is 46.4 Å². The van der Waals surface area contributed by atoms with Crippen LogP contribution in [-0.4, -0.2) is 26.0 Å². The molecule has 0 atom stereocenters. The molecule has 0 saturated carbocycles. The van der Waals surface area contributed by atoms with Crippen LogP contribution in [0.3, 0.4) is 0 Å². The highest BCUT2D eigenvalue weighted by molar-refractivity contribution is 7.93. The number of anilines is 1. The van der Waals surface area contributed by atoms with Crippen LogP contribution in [-0.2, 0) is 20.0 Å². The summed E-state index contributed by atoms with van der Waals surface area (Å²) in [5.74, 6) is 0. The maximum absolute atomic E-state index is 13.2. The second kappa shape index (κ2) is 8.40. The third-order valence-corrected chi connectivity index (χ3v) is 9.27. The van der Waals surface area contributed by atoms with Crippen molar-refractivity contribution in [1.29, 1.82) is 0 Å². The first-order chi connectivity index (χ1) is 15.0. The van der Waals surface area contributed by atoms with Gasteiger partial charge in [0.15, 0.2) is 0 Å². The molecule has 4 rings (SSSR count). The second-order valence-corrected chi connectivity index (χ2v) is 11.4. The number of nitrogens with one attached hydrogen (secondary N) is 1. The van der Waals surface area contributed by atoms with E-state index in [1.165, 1.54) is 60.8 Å². The van der Waals surface area contributed by atoms with Gasteiger partial charge in [-0.2, -0.15) is 17.6 Å². The lowest BCUT2D eigenvalue weighted by atomic mass is 10.2. The van der Waals surface area contributed by atoms with Crippen molar-refractivity contribution >= 4 is 83.0 Å². The van der Waals surface area contributed by atoms with Gasteiger partial charge in [0.1, 0.15) is 9.79 Å². The minimum absolute atomic E-state index is 0.0629. The van der Waals surface area contributed by atoms with E-state index in [0.29, 0.717) is 5.39 Å². The van der Waals surface area contributed by atoms with E-state index < -0.39 is 20.0 Å². The first kappa shape index (κ1) is 23.2. The van der Waals surface area contributed by atoms with Crippen LogP contribution in [0.1, 0.15) is 0 Å². The number of hydrogen-bond acceptors (Lipinski definition) is 5. The fourth-order valence-electron chi connectivity index (χ4n) is 3.01. The van der Waals surface area contributed by atoms with Crippen LogP contribution in [0.2, 0.25) is 20.1 Å². The predicted molar refractivity (Wildman–Crippen MR) is 126 cm³/mol. The summed E-state index contributed by atoms with van der Waals surface area (Å²) in [6.07, 6.45) is 1.32. The number of benzene rings is 3. The zero-order valence-electron chi connectivity index (χ0n) is 15.6. The fourth-order valence-corrected chi connectivity index (χ4v) is 7.58. The zero-order chi connectivity index (χ0) is 23.3. The largest absolute Gasteiger partial charge is 0.286 e. The Morgan fingerprint density at radius 3 is 1.84 bits per heavy atom. The van der Waals surface area contributed by atoms with Crippen molar-refractivity contribution < 1.29 is 16.8 Å². The number of hydrogen-bond donors (Lipinski definition) is 1. The number of aromatic nitrogens is 2. The highest BCUT2D eigenvalue weighted by Gasteiger charge is 2.27. The molecule has 0 aliphatic heterocycles. The van der Waals surface area contributed by atoms with Crippen molar-refractivity contribution in [1.82, 2.24) is 9.19 Å². The van der Waals surface area contributed by atoms with Crippen molar-refractivity contribution in [3.8, 4) is 0 Å². The first-order valence-electron chi connectivity index (χ1n) is 8.66. The molecular weight excluding hydrogens is 540 g/mol. The topological polar surface area (TPSA) is 98.1 Å². The van der Waals surface area contributed by atoms with Crippen molar-refractivity contribution in [3.63, 3.8) is 0 Å². The summed E-state index contributed by atoms with van der Waals surface area (Å²) in [4.78, 5) is -0.616. The molecule has 0 bridgehead atoms. The van der Waals surface area contributed by atoms with Gasteiger partial charge in [-0.15, -0.1) is 0 Å². The molecule has 0 aliphatic rings. The third-order valence-electron chi connectivity index (χ3n) is 4.38. The summed E-state index contributed by atoms with van der Waals surface area (Å²) in [5, 5.41) is 4.10. The Bertz CT molecular complexity index is 1550. The fraction of sp³-hybridized carbons (Fsp3) is 0. The Kier molecular flexibility index (Phi) is 6.08. The smallest absolute Gasteiger partial charge is 0.279 e. The summed E-state index contributed by atoms with van der Waals surface area (Å²) < 4.78 is 55.2. The minimum atomic E-state index is -4.29. The van der Waals surface area contributed by atoms with Gasteiger partial charge in [0, 0.05) is 5.39 Å². The summed E-state index contributed by atoms with van der Waals surface area (Å²) in [6.45, 7) is 0. The SMILES string of the molecule is O=S(=O)(Nc1ccc2cnn(S(=O)(=O)c3c(Cl)cccc3Cl)c2c1)c1c(Cl)cccc1Cl. The van der Waals surface area contributed by atoms with Gasteiger partial charge in [-0.3, -0.25) is 4.72 Å². The van der Waals surface area contributed by atoms with E-state index in [4.69, 9.17) is 46.4 Å². The number of fused-ring (bicyclic) bond motifs is 1. The maximum atomic E-state index is 13.2. The van der Waals surface area contributed by atoms with Crippen molar-refractivity contribution in [2.45, 2.75) is 9.79 Å². The highest BCUT2D eigenvalue weighted by atomic mass is 35.5. The highest BCUT2D eigenvalue weighted by Crippen LogP contribution is 2.34. The van der Waals surface area contributed by atoms with Gasteiger partial charge in [0.2, 0.25) is 0 Å². The van der Waals surface area contributed by atoms with Gasteiger partial charge in [-0.25, -0.2) is 8.42 Å².